The van der Waals surface area contributed by atoms with Crippen LogP contribution in [0.5, 0.6) is 0 Å². The maximum atomic E-state index is 12.1. The maximum Gasteiger partial charge on any atom is 0.409 e. The molecule has 1 heterocycles. The van der Waals surface area contributed by atoms with Crippen LogP contribution in [0.2, 0.25) is 0 Å². The molecule has 1 rings (SSSR count). The van der Waals surface area contributed by atoms with Crippen LogP contribution in [-0.4, -0.2) is 61.6 Å². The van der Waals surface area contributed by atoms with Crippen LogP contribution in [0.4, 0.5) is 4.79 Å². The van der Waals surface area contributed by atoms with E-state index >= 15 is 0 Å². The summed E-state index contributed by atoms with van der Waals surface area (Å²) in [6.07, 6.45) is -0.338. The fourth-order valence-corrected chi connectivity index (χ4v) is 1.74. The molecule has 1 aliphatic rings. The largest absolute Gasteiger partial charge is 0.453 e. The molecule has 0 aromatic heterocycles. The van der Waals surface area contributed by atoms with Gasteiger partial charge in [0.25, 0.3) is 0 Å². The van der Waals surface area contributed by atoms with E-state index in [9.17, 15) is 9.59 Å². The molecular weight excluding hydrogens is 222 g/mol. The molecule has 1 fully saturated rings. The van der Waals surface area contributed by atoms with E-state index in [-0.39, 0.29) is 12.0 Å². The van der Waals surface area contributed by atoms with E-state index in [1.807, 2.05) is 13.8 Å². The minimum atomic E-state index is -0.534. The first kappa shape index (κ1) is 13.8. The summed E-state index contributed by atoms with van der Waals surface area (Å²) in [5.41, 5.74) is 5.04. The van der Waals surface area contributed by atoms with Gasteiger partial charge in [0, 0.05) is 32.7 Å². The quantitative estimate of drug-likeness (QED) is 0.733. The molecule has 0 spiro atoms. The smallest absolute Gasteiger partial charge is 0.409 e. The third kappa shape index (κ3) is 3.09. The molecule has 0 bridgehead atoms. The van der Waals surface area contributed by atoms with E-state index in [0.29, 0.717) is 32.7 Å². The summed E-state index contributed by atoms with van der Waals surface area (Å²) < 4.78 is 4.64. The molecule has 0 atom stereocenters. The molecule has 1 saturated heterocycles. The van der Waals surface area contributed by atoms with E-state index in [1.54, 1.807) is 9.80 Å². The Kier molecular flexibility index (Phi) is 4.34. The number of amides is 2. The van der Waals surface area contributed by atoms with Crippen LogP contribution in [0.3, 0.4) is 0 Å². The number of rotatable bonds is 2. The van der Waals surface area contributed by atoms with Crippen LogP contribution >= 0.6 is 0 Å². The molecule has 0 aromatic carbocycles. The minimum absolute atomic E-state index is 0.0458. The molecule has 6 heteroatoms. The van der Waals surface area contributed by atoms with Crippen LogP contribution < -0.4 is 5.73 Å². The third-order valence-corrected chi connectivity index (χ3v) is 3.09. The molecule has 6 nitrogen and oxygen atoms in total. The molecule has 0 saturated carbocycles. The summed E-state index contributed by atoms with van der Waals surface area (Å²) in [6.45, 7) is 6.10. The Hall–Kier alpha value is -1.30. The zero-order valence-corrected chi connectivity index (χ0v) is 10.7. The predicted octanol–water partition coefficient (Wildman–Crippen LogP) is -0.118. The molecule has 0 unspecified atom stereocenters. The van der Waals surface area contributed by atoms with Gasteiger partial charge in [0.2, 0.25) is 5.91 Å². The van der Waals surface area contributed by atoms with Gasteiger partial charge in [-0.2, -0.15) is 0 Å². The minimum Gasteiger partial charge on any atom is -0.453 e. The molecule has 0 aliphatic carbocycles. The Morgan fingerprint density at radius 1 is 1.18 bits per heavy atom. The first-order chi connectivity index (χ1) is 7.92. The molecule has 2 N–H and O–H groups in total. The van der Waals surface area contributed by atoms with Gasteiger partial charge in [-0.25, -0.2) is 4.79 Å². The van der Waals surface area contributed by atoms with Crippen molar-refractivity contribution in [3.63, 3.8) is 0 Å². The van der Waals surface area contributed by atoms with Gasteiger partial charge >= 0.3 is 6.09 Å². The van der Waals surface area contributed by atoms with E-state index < -0.39 is 5.41 Å². The number of hydrogen-bond donors (Lipinski definition) is 1. The first-order valence-corrected chi connectivity index (χ1v) is 5.74. The standard InChI is InChI=1S/C11H21N3O3/c1-11(2,8-12)9(15)13-4-6-14(7-5-13)10(16)17-3/h4-8,12H2,1-3H3. The Morgan fingerprint density at radius 2 is 1.65 bits per heavy atom. The highest BCUT2D eigenvalue weighted by Gasteiger charge is 2.33. The van der Waals surface area contributed by atoms with Crippen molar-refractivity contribution in [2.75, 3.05) is 39.8 Å². The normalized spacial score (nSPS) is 16.9. The summed E-state index contributed by atoms with van der Waals surface area (Å²) in [6, 6.07) is 0. The Morgan fingerprint density at radius 3 is 2.06 bits per heavy atom. The van der Waals surface area contributed by atoms with Crippen LogP contribution in [0.1, 0.15) is 13.8 Å². The van der Waals surface area contributed by atoms with Gasteiger partial charge in [0.15, 0.2) is 0 Å². The summed E-state index contributed by atoms with van der Waals surface area (Å²) in [5.74, 6) is 0.0458. The SMILES string of the molecule is COC(=O)N1CCN(C(=O)C(C)(C)CN)CC1. The van der Waals surface area contributed by atoms with Gasteiger partial charge in [-0.3, -0.25) is 4.79 Å². The van der Waals surface area contributed by atoms with Crippen LogP contribution in [0.15, 0.2) is 0 Å². The number of carbonyl (C=O) groups is 2. The van der Waals surface area contributed by atoms with Crippen molar-refractivity contribution >= 4 is 12.0 Å². The van der Waals surface area contributed by atoms with Crippen molar-refractivity contribution in [2.24, 2.45) is 11.1 Å². The highest BCUT2D eigenvalue weighted by molar-refractivity contribution is 5.82. The topological polar surface area (TPSA) is 75.9 Å². The zero-order valence-electron chi connectivity index (χ0n) is 10.7. The third-order valence-electron chi connectivity index (χ3n) is 3.09. The van der Waals surface area contributed by atoms with Crippen molar-refractivity contribution in [3.05, 3.63) is 0 Å². The van der Waals surface area contributed by atoms with Crippen LogP contribution in [0.25, 0.3) is 0 Å². The lowest BCUT2D eigenvalue weighted by atomic mass is 9.91. The number of piperazine rings is 1. The highest BCUT2D eigenvalue weighted by atomic mass is 16.5. The van der Waals surface area contributed by atoms with Gasteiger partial charge in [0.05, 0.1) is 12.5 Å². The second-order valence-electron chi connectivity index (χ2n) is 4.84. The highest BCUT2D eigenvalue weighted by Crippen LogP contribution is 2.18. The number of nitrogens with zero attached hydrogens (tertiary/aromatic N) is 2. The van der Waals surface area contributed by atoms with Crippen LogP contribution in [-0.2, 0) is 9.53 Å². The zero-order chi connectivity index (χ0) is 13.1. The average Bonchev–Trinajstić information content (AvgIpc) is 2.37. The summed E-state index contributed by atoms with van der Waals surface area (Å²) >= 11 is 0. The van der Waals surface area contributed by atoms with Gasteiger partial charge in [-0.05, 0) is 13.8 Å². The van der Waals surface area contributed by atoms with Crippen molar-refractivity contribution < 1.29 is 14.3 Å². The van der Waals surface area contributed by atoms with Gasteiger partial charge in [-0.15, -0.1) is 0 Å². The van der Waals surface area contributed by atoms with E-state index in [4.69, 9.17) is 5.73 Å². The predicted molar refractivity (Wildman–Crippen MR) is 63.4 cm³/mol. The fraction of sp³-hybridized carbons (Fsp3) is 0.818. The maximum absolute atomic E-state index is 12.1. The monoisotopic (exact) mass is 243 g/mol. The average molecular weight is 243 g/mol. The molecular formula is C11H21N3O3. The second kappa shape index (κ2) is 5.35. The molecule has 17 heavy (non-hydrogen) atoms. The summed E-state index contributed by atoms with van der Waals surface area (Å²) in [4.78, 5) is 26.7. The lowest BCUT2D eigenvalue weighted by Gasteiger charge is -2.37. The lowest BCUT2D eigenvalue weighted by Crippen LogP contribution is -2.54. The molecule has 1 aliphatic heterocycles. The van der Waals surface area contributed by atoms with Gasteiger partial charge in [0.1, 0.15) is 0 Å². The Balaban J connectivity index is 2.52. The first-order valence-electron chi connectivity index (χ1n) is 5.74. The molecule has 0 aromatic rings. The number of nitrogens with two attached hydrogens (primary N) is 1. The lowest BCUT2D eigenvalue weighted by molar-refractivity contribution is -0.141. The van der Waals surface area contributed by atoms with Gasteiger partial charge in [-0.1, -0.05) is 0 Å². The van der Waals surface area contributed by atoms with E-state index in [1.165, 1.54) is 7.11 Å². The van der Waals surface area contributed by atoms with Crippen molar-refractivity contribution in [2.45, 2.75) is 13.8 Å². The molecule has 2 amide bonds. The number of carbonyl (C=O) groups excluding carboxylic acids is 2. The molecule has 0 radical (unpaired) electrons. The van der Waals surface area contributed by atoms with Crippen molar-refractivity contribution in [1.29, 1.82) is 0 Å². The second-order valence-corrected chi connectivity index (χ2v) is 4.84. The number of ether oxygens (including phenoxy) is 1. The van der Waals surface area contributed by atoms with Crippen molar-refractivity contribution in [3.8, 4) is 0 Å². The Labute approximate surface area is 102 Å². The van der Waals surface area contributed by atoms with E-state index in [2.05, 4.69) is 4.74 Å². The van der Waals surface area contributed by atoms with Crippen LogP contribution in [0, 0.1) is 5.41 Å². The van der Waals surface area contributed by atoms with E-state index in [0.717, 1.165) is 0 Å². The number of hydrogen-bond acceptors (Lipinski definition) is 4. The number of methoxy groups -OCH3 is 1. The Bertz CT molecular complexity index is 296. The molecule has 98 valence electrons. The summed E-state index contributed by atoms with van der Waals surface area (Å²) in [7, 11) is 1.36. The summed E-state index contributed by atoms with van der Waals surface area (Å²) in [5, 5.41) is 0. The van der Waals surface area contributed by atoms with Gasteiger partial charge < -0.3 is 20.3 Å². The van der Waals surface area contributed by atoms with Crippen molar-refractivity contribution in [1.82, 2.24) is 9.80 Å². The fourth-order valence-electron chi connectivity index (χ4n) is 1.74.